The average Bonchev–Trinajstić information content (AvgIpc) is 3.21. The number of rotatable bonds is 8. The van der Waals surface area contributed by atoms with Crippen molar-refractivity contribution in [3.63, 3.8) is 0 Å². The van der Waals surface area contributed by atoms with E-state index in [-0.39, 0.29) is 34.9 Å². The van der Waals surface area contributed by atoms with Crippen molar-refractivity contribution in [3.8, 4) is 16.9 Å². The number of hydrogen-bond donors (Lipinski definition) is 1. The normalized spacial score (nSPS) is 11.1. The monoisotopic (exact) mass is 560 g/mol. The number of anilines is 1. The molecule has 1 heterocycles. The molecule has 0 aliphatic heterocycles. The first kappa shape index (κ1) is 26.4. The van der Waals surface area contributed by atoms with Gasteiger partial charge < -0.3 is 14.8 Å². The standard InChI is InChI=1S/C25H25BrN2O6S/c1-5-33-24(30)22-18(15-7-6-8-17(11-15)28(31)32)14-35-23(22)27-21(29)13-34-20-10-9-16(26)12-19(20)25(2,3)4/h6-12,14H,5,13H2,1-4H3,(H,27,29). The zero-order chi connectivity index (χ0) is 25.8. The van der Waals surface area contributed by atoms with Gasteiger partial charge in [-0.3, -0.25) is 14.9 Å². The highest BCUT2D eigenvalue weighted by molar-refractivity contribution is 9.10. The molecule has 0 atom stereocenters. The van der Waals surface area contributed by atoms with Crippen molar-refractivity contribution in [1.29, 1.82) is 0 Å². The second-order valence-corrected chi connectivity index (χ2v) is 10.4. The van der Waals surface area contributed by atoms with E-state index < -0.39 is 16.8 Å². The highest BCUT2D eigenvalue weighted by atomic mass is 79.9. The predicted molar refractivity (Wildman–Crippen MR) is 139 cm³/mol. The molecular formula is C25H25BrN2O6S. The van der Waals surface area contributed by atoms with Gasteiger partial charge in [-0.2, -0.15) is 0 Å². The minimum absolute atomic E-state index is 0.105. The van der Waals surface area contributed by atoms with Crippen LogP contribution < -0.4 is 10.1 Å². The fourth-order valence-electron chi connectivity index (χ4n) is 3.38. The van der Waals surface area contributed by atoms with Crippen LogP contribution in [0.25, 0.3) is 11.1 Å². The number of nitrogens with zero attached hydrogens (tertiary/aromatic N) is 1. The average molecular weight is 561 g/mol. The molecule has 10 heteroatoms. The van der Waals surface area contributed by atoms with Crippen molar-refractivity contribution in [2.75, 3.05) is 18.5 Å². The van der Waals surface area contributed by atoms with Gasteiger partial charge in [0.1, 0.15) is 16.3 Å². The molecular weight excluding hydrogens is 536 g/mol. The number of carbonyl (C=O) groups is 2. The number of esters is 1. The van der Waals surface area contributed by atoms with Gasteiger partial charge in [-0.25, -0.2) is 4.79 Å². The van der Waals surface area contributed by atoms with Gasteiger partial charge in [-0.15, -0.1) is 11.3 Å². The zero-order valence-corrected chi connectivity index (χ0v) is 22.1. The SMILES string of the molecule is CCOC(=O)c1c(-c2cccc([N+](=O)[O-])c2)csc1NC(=O)COc1ccc(Br)cc1C(C)(C)C. The van der Waals surface area contributed by atoms with E-state index in [9.17, 15) is 19.7 Å². The van der Waals surface area contributed by atoms with E-state index in [1.165, 1.54) is 18.2 Å². The molecule has 8 nitrogen and oxygen atoms in total. The number of ether oxygens (including phenoxy) is 2. The Morgan fingerprint density at radius 2 is 1.91 bits per heavy atom. The summed E-state index contributed by atoms with van der Waals surface area (Å²) in [5.74, 6) is -0.495. The number of amides is 1. The molecule has 0 radical (unpaired) electrons. The van der Waals surface area contributed by atoms with Crippen LogP contribution in [0.1, 0.15) is 43.6 Å². The van der Waals surface area contributed by atoms with Gasteiger partial charge in [0.25, 0.3) is 11.6 Å². The Morgan fingerprint density at radius 3 is 2.57 bits per heavy atom. The molecule has 0 spiro atoms. The van der Waals surface area contributed by atoms with Crippen molar-refractivity contribution in [2.45, 2.75) is 33.1 Å². The van der Waals surface area contributed by atoms with Gasteiger partial charge in [0.2, 0.25) is 0 Å². The zero-order valence-electron chi connectivity index (χ0n) is 19.7. The van der Waals surface area contributed by atoms with Gasteiger partial charge in [0.05, 0.1) is 11.5 Å². The number of nitrogens with one attached hydrogen (secondary N) is 1. The van der Waals surface area contributed by atoms with Crippen molar-refractivity contribution >= 4 is 49.8 Å². The number of nitro benzene ring substituents is 1. The molecule has 3 aromatic rings. The molecule has 0 aliphatic carbocycles. The van der Waals surface area contributed by atoms with Crippen LogP contribution in [-0.4, -0.2) is 30.0 Å². The maximum atomic E-state index is 12.8. The number of nitro groups is 1. The van der Waals surface area contributed by atoms with E-state index in [0.29, 0.717) is 16.9 Å². The number of halogens is 1. The van der Waals surface area contributed by atoms with Crippen LogP contribution in [0.2, 0.25) is 0 Å². The summed E-state index contributed by atoms with van der Waals surface area (Å²) in [5.41, 5.74) is 1.69. The lowest BCUT2D eigenvalue weighted by atomic mass is 9.86. The van der Waals surface area contributed by atoms with Crippen molar-refractivity contribution in [2.24, 2.45) is 0 Å². The van der Waals surface area contributed by atoms with Crippen LogP contribution in [-0.2, 0) is 14.9 Å². The summed E-state index contributed by atoms with van der Waals surface area (Å²) in [6.07, 6.45) is 0. The Labute approximate surface area is 215 Å². The quantitative estimate of drug-likeness (QED) is 0.189. The number of non-ortho nitro benzene ring substituents is 1. The molecule has 184 valence electrons. The molecule has 1 amide bonds. The van der Waals surface area contributed by atoms with Gasteiger partial charge in [0.15, 0.2) is 6.61 Å². The summed E-state index contributed by atoms with van der Waals surface area (Å²) in [7, 11) is 0. The van der Waals surface area contributed by atoms with Gasteiger partial charge >= 0.3 is 5.97 Å². The summed E-state index contributed by atoms with van der Waals surface area (Å²) in [4.78, 5) is 36.2. The summed E-state index contributed by atoms with van der Waals surface area (Å²) in [5, 5.41) is 15.9. The second-order valence-electron chi connectivity index (χ2n) is 8.61. The van der Waals surface area contributed by atoms with E-state index in [1.54, 1.807) is 24.4 Å². The molecule has 0 unspecified atom stereocenters. The van der Waals surface area contributed by atoms with Crippen molar-refractivity contribution in [3.05, 3.63) is 73.6 Å². The predicted octanol–water partition coefficient (Wildman–Crippen LogP) is 6.58. The smallest absolute Gasteiger partial charge is 0.341 e. The molecule has 0 bridgehead atoms. The van der Waals surface area contributed by atoms with Crippen LogP contribution >= 0.6 is 27.3 Å². The van der Waals surface area contributed by atoms with Crippen LogP contribution in [0.3, 0.4) is 0 Å². The first-order chi connectivity index (χ1) is 16.5. The molecule has 35 heavy (non-hydrogen) atoms. The third kappa shape index (κ3) is 6.46. The lowest BCUT2D eigenvalue weighted by molar-refractivity contribution is -0.384. The first-order valence-electron chi connectivity index (χ1n) is 10.8. The summed E-state index contributed by atoms with van der Waals surface area (Å²) in [6.45, 7) is 7.70. The number of carbonyl (C=O) groups excluding carboxylic acids is 2. The third-order valence-corrected chi connectivity index (χ3v) is 6.39. The molecule has 3 rings (SSSR count). The molecule has 1 N–H and O–H groups in total. The second kappa shape index (κ2) is 11.0. The lowest BCUT2D eigenvalue weighted by Crippen LogP contribution is -2.22. The summed E-state index contributed by atoms with van der Waals surface area (Å²) >= 11 is 4.60. The van der Waals surface area contributed by atoms with Gasteiger partial charge in [0, 0.05) is 33.1 Å². The Bertz CT molecular complexity index is 1270. The molecule has 0 fully saturated rings. The van der Waals surface area contributed by atoms with E-state index in [2.05, 4.69) is 42.0 Å². The van der Waals surface area contributed by atoms with E-state index in [0.717, 1.165) is 21.4 Å². The first-order valence-corrected chi connectivity index (χ1v) is 12.4. The Hall–Kier alpha value is -3.24. The molecule has 1 aromatic heterocycles. The number of thiophene rings is 1. The minimum atomic E-state index is -0.630. The van der Waals surface area contributed by atoms with Crippen LogP contribution in [0.15, 0.2) is 52.3 Å². The number of benzene rings is 2. The molecule has 0 saturated carbocycles. The third-order valence-electron chi connectivity index (χ3n) is 5.00. The van der Waals surface area contributed by atoms with Gasteiger partial charge in [-0.05, 0) is 36.1 Å². The topological polar surface area (TPSA) is 108 Å². The van der Waals surface area contributed by atoms with Crippen molar-refractivity contribution in [1.82, 2.24) is 0 Å². The van der Waals surface area contributed by atoms with Gasteiger partial charge in [-0.1, -0.05) is 48.8 Å². The maximum absolute atomic E-state index is 12.8. The van der Waals surface area contributed by atoms with Crippen LogP contribution in [0, 0.1) is 10.1 Å². The van der Waals surface area contributed by atoms with E-state index in [4.69, 9.17) is 9.47 Å². The van der Waals surface area contributed by atoms with Crippen molar-refractivity contribution < 1.29 is 24.0 Å². The molecule has 0 aliphatic rings. The largest absolute Gasteiger partial charge is 0.483 e. The van der Waals surface area contributed by atoms with E-state index >= 15 is 0 Å². The maximum Gasteiger partial charge on any atom is 0.341 e. The Balaban J connectivity index is 1.86. The fraction of sp³-hybridized carbons (Fsp3) is 0.280. The summed E-state index contributed by atoms with van der Waals surface area (Å²) < 4.78 is 11.9. The highest BCUT2D eigenvalue weighted by Gasteiger charge is 2.24. The van der Waals surface area contributed by atoms with E-state index in [1.807, 2.05) is 12.1 Å². The van der Waals surface area contributed by atoms with Crippen LogP contribution in [0.4, 0.5) is 10.7 Å². The van der Waals surface area contributed by atoms with Crippen LogP contribution in [0.5, 0.6) is 5.75 Å². The Kier molecular flexibility index (Phi) is 8.29. The number of hydrogen-bond acceptors (Lipinski definition) is 7. The minimum Gasteiger partial charge on any atom is -0.483 e. The fourth-order valence-corrected chi connectivity index (χ4v) is 4.71. The molecule has 2 aromatic carbocycles. The lowest BCUT2D eigenvalue weighted by Gasteiger charge is -2.23. The summed E-state index contributed by atoms with van der Waals surface area (Å²) in [6, 6.07) is 11.5. The highest BCUT2D eigenvalue weighted by Crippen LogP contribution is 2.38. The molecule has 0 saturated heterocycles. The Morgan fingerprint density at radius 1 is 1.17 bits per heavy atom.